The number of hydrogen-bond acceptors (Lipinski definition) is 2. The van der Waals surface area contributed by atoms with Crippen LogP contribution in [0.1, 0.15) is 45.6 Å². The molecule has 0 bridgehead atoms. The van der Waals surface area contributed by atoms with Gasteiger partial charge in [0.15, 0.2) is 0 Å². The minimum absolute atomic E-state index is 0.0406. The van der Waals surface area contributed by atoms with Gasteiger partial charge < -0.3 is 10.1 Å². The van der Waals surface area contributed by atoms with E-state index < -0.39 is 17.0 Å². The van der Waals surface area contributed by atoms with E-state index >= 15 is 0 Å². The maximum Gasteiger partial charge on any atom is 0.220 e. The van der Waals surface area contributed by atoms with E-state index in [0.29, 0.717) is 12.1 Å². The van der Waals surface area contributed by atoms with Crippen LogP contribution in [0, 0.1) is 17.0 Å². The summed E-state index contributed by atoms with van der Waals surface area (Å²) >= 11 is 0. The van der Waals surface area contributed by atoms with Crippen LogP contribution in [-0.2, 0) is 15.0 Å². The van der Waals surface area contributed by atoms with Crippen molar-refractivity contribution in [3.63, 3.8) is 0 Å². The maximum absolute atomic E-state index is 14.1. The smallest absolute Gasteiger partial charge is 0.220 e. The number of Topliss-reactive ketones (excluding diaryl/α,β-unsaturated/α-hetero) is 1. The van der Waals surface area contributed by atoms with Crippen LogP contribution in [0.15, 0.2) is 18.2 Å². The van der Waals surface area contributed by atoms with Gasteiger partial charge in [-0.05, 0) is 30.4 Å². The molecule has 0 heterocycles. The first-order valence-electron chi connectivity index (χ1n) is 7.40. The van der Waals surface area contributed by atoms with Gasteiger partial charge in [-0.3, -0.25) is 4.79 Å². The third-order valence-electron chi connectivity index (χ3n) is 4.65. The SMILES string of the molecule is CC(=O)CCC(=O)NCC1(c2ccc(F)cc2F)CC1(C)C. The molecule has 3 nitrogen and oxygen atoms in total. The fourth-order valence-corrected chi connectivity index (χ4v) is 3.07. The number of rotatable bonds is 6. The molecule has 2 rings (SSSR count). The second kappa shape index (κ2) is 5.78. The van der Waals surface area contributed by atoms with Gasteiger partial charge in [0.25, 0.3) is 0 Å². The van der Waals surface area contributed by atoms with Crippen LogP contribution in [-0.4, -0.2) is 18.2 Å². The van der Waals surface area contributed by atoms with E-state index in [9.17, 15) is 18.4 Å². The lowest BCUT2D eigenvalue weighted by atomic mass is 9.87. The summed E-state index contributed by atoms with van der Waals surface area (Å²) in [6.45, 7) is 5.72. The highest BCUT2D eigenvalue weighted by Gasteiger charge is 2.62. The Labute approximate surface area is 129 Å². The van der Waals surface area contributed by atoms with E-state index in [2.05, 4.69) is 5.32 Å². The van der Waals surface area contributed by atoms with Crippen molar-refractivity contribution in [1.82, 2.24) is 5.32 Å². The lowest BCUT2D eigenvalue weighted by Crippen LogP contribution is -2.35. The number of carbonyl (C=O) groups is 2. The summed E-state index contributed by atoms with van der Waals surface area (Å²) in [7, 11) is 0. The Morgan fingerprint density at radius 3 is 2.36 bits per heavy atom. The third kappa shape index (κ3) is 3.18. The molecule has 1 aliphatic rings. The van der Waals surface area contributed by atoms with E-state index in [1.54, 1.807) is 0 Å². The van der Waals surface area contributed by atoms with Gasteiger partial charge in [-0.2, -0.15) is 0 Å². The Bertz CT molecular complexity index is 613. The number of ketones is 1. The molecule has 0 spiro atoms. The fraction of sp³-hybridized carbons (Fsp3) is 0.529. The molecular weight excluding hydrogens is 288 g/mol. The zero-order valence-electron chi connectivity index (χ0n) is 13.1. The Balaban J connectivity index is 2.11. The van der Waals surface area contributed by atoms with Crippen LogP contribution in [0.3, 0.4) is 0 Å². The summed E-state index contributed by atoms with van der Waals surface area (Å²) in [4.78, 5) is 22.7. The fourth-order valence-electron chi connectivity index (χ4n) is 3.07. The summed E-state index contributed by atoms with van der Waals surface area (Å²) in [5.41, 5.74) is -0.248. The molecule has 1 fully saturated rings. The molecule has 1 aliphatic carbocycles. The summed E-state index contributed by atoms with van der Waals surface area (Å²) in [5.74, 6) is -1.45. The van der Waals surface area contributed by atoms with Gasteiger partial charge in [-0.15, -0.1) is 0 Å². The first-order valence-corrected chi connectivity index (χ1v) is 7.40. The molecule has 1 unspecified atom stereocenters. The highest BCUT2D eigenvalue weighted by molar-refractivity contribution is 5.83. The van der Waals surface area contributed by atoms with Gasteiger partial charge in [-0.1, -0.05) is 19.9 Å². The molecule has 120 valence electrons. The molecule has 0 aliphatic heterocycles. The van der Waals surface area contributed by atoms with Gasteiger partial charge in [0, 0.05) is 30.9 Å². The van der Waals surface area contributed by atoms with E-state index in [-0.39, 0.29) is 29.9 Å². The Morgan fingerprint density at radius 1 is 1.23 bits per heavy atom. The molecule has 1 N–H and O–H groups in total. The molecule has 22 heavy (non-hydrogen) atoms. The van der Waals surface area contributed by atoms with E-state index in [1.807, 2.05) is 13.8 Å². The van der Waals surface area contributed by atoms with Gasteiger partial charge in [-0.25, -0.2) is 8.78 Å². The molecule has 1 amide bonds. The van der Waals surface area contributed by atoms with Crippen molar-refractivity contribution in [2.75, 3.05) is 6.54 Å². The summed E-state index contributed by atoms with van der Waals surface area (Å²) < 4.78 is 27.2. The number of halogens is 2. The molecular formula is C17H21F2NO2. The number of hydrogen-bond donors (Lipinski definition) is 1. The number of amides is 1. The molecule has 1 saturated carbocycles. The number of carbonyl (C=O) groups excluding carboxylic acids is 2. The second-order valence-electron chi connectivity index (χ2n) is 6.75. The predicted octanol–water partition coefficient (Wildman–Crippen LogP) is 3.12. The Hall–Kier alpha value is -1.78. The zero-order chi connectivity index (χ0) is 16.5. The average molecular weight is 309 g/mol. The second-order valence-corrected chi connectivity index (χ2v) is 6.75. The standard InChI is InChI=1S/C17H21F2NO2/c1-11(21)4-7-15(22)20-10-17(9-16(17,2)3)13-6-5-12(18)8-14(13)19/h5-6,8H,4,7,9-10H2,1-3H3,(H,20,22). The molecule has 0 saturated heterocycles. The van der Waals surface area contributed by atoms with Gasteiger partial charge >= 0.3 is 0 Å². The Kier molecular flexibility index (Phi) is 4.36. The molecule has 0 aromatic heterocycles. The van der Waals surface area contributed by atoms with Crippen molar-refractivity contribution >= 4 is 11.7 Å². The van der Waals surface area contributed by atoms with Crippen LogP contribution in [0.25, 0.3) is 0 Å². The topological polar surface area (TPSA) is 46.2 Å². The van der Waals surface area contributed by atoms with Crippen molar-refractivity contribution in [2.45, 2.75) is 45.4 Å². The maximum atomic E-state index is 14.1. The largest absolute Gasteiger partial charge is 0.355 e. The summed E-state index contributed by atoms with van der Waals surface area (Å²) in [6, 6.07) is 3.58. The van der Waals surface area contributed by atoms with Crippen LogP contribution < -0.4 is 5.32 Å². The monoisotopic (exact) mass is 309 g/mol. The van der Waals surface area contributed by atoms with Gasteiger partial charge in [0.1, 0.15) is 17.4 Å². The average Bonchev–Trinajstić information content (AvgIpc) is 2.96. The molecule has 0 radical (unpaired) electrons. The van der Waals surface area contributed by atoms with Crippen LogP contribution >= 0.6 is 0 Å². The van der Waals surface area contributed by atoms with Gasteiger partial charge in [0.05, 0.1) is 0 Å². The first kappa shape index (κ1) is 16.6. The van der Waals surface area contributed by atoms with E-state index in [1.165, 1.54) is 19.1 Å². The van der Waals surface area contributed by atoms with Crippen LogP contribution in [0.2, 0.25) is 0 Å². The van der Waals surface area contributed by atoms with Crippen LogP contribution in [0.5, 0.6) is 0 Å². The molecule has 1 aromatic rings. The quantitative estimate of drug-likeness (QED) is 0.877. The van der Waals surface area contributed by atoms with Crippen molar-refractivity contribution in [3.8, 4) is 0 Å². The third-order valence-corrected chi connectivity index (χ3v) is 4.65. The molecule has 1 aromatic carbocycles. The lowest BCUT2D eigenvalue weighted by Gasteiger charge is -2.22. The summed E-state index contributed by atoms with van der Waals surface area (Å²) in [5, 5.41) is 2.79. The molecule has 5 heteroatoms. The number of nitrogens with one attached hydrogen (secondary N) is 1. The highest BCUT2D eigenvalue weighted by atomic mass is 19.1. The highest BCUT2D eigenvalue weighted by Crippen LogP contribution is 2.64. The lowest BCUT2D eigenvalue weighted by molar-refractivity contribution is -0.124. The van der Waals surface area contributed by atoms with E-state index in [0.717, 1.165) is 12.5 Å². The zero-order valence-corrected chi connectivity index (χ0v) is 13.1. The first-order chi connectivity index (χ1) is 10.2. The normalized spacial score (nSPS) is 22.2. The van der Waals surface area contributed by atoms with Crippen molar-refractivity contribution < 1.29 is 18.4 Å². The minimum atomic E-state index is -0.611. The van der Waals surface area contributed by atoms with E-state index in [4.69, 9.17) is 0 Å². The predicted molar refractivity (Wildman–Crippen MR) is 79.4 cm³/mol. The van der Waals surface area contributed by atoms with Gasteiger partial charge in [0.2, 0.25) is 5.91 Å². The van der Waals surface area contributed by atoms with Crippen molar-refractivity contribution in [3.05, 3.63) is 35.4 Å². The van der Waals surface area contributed by atoms with Crippen molar-refractivity contribution in [2.24, 2.45) is 5.41 Å². The molecule has 1 atom stereocenters. The van der Waals surface area contributed by atoms with Crippen LogP contribution in [0.4, 0.5) is 8.78 Å². The van der Waals surface area contributed by atoms with Crippen molar-refractivity contribution in [1.29, 1.82) is 0 Å². The Morgan fingerprint density at radius 2 is 1.86 bits per heavy atom. The number of benzene rings is 1. The summed E-state index contributed by atoms with van der Waals surface area (Å²) in [6.07, 6.45) is 1.06. The minimum Gasteiger partial charge on any atom is -0.355 e.